The van der Waals surface area contributed by atoms with Crippen molar-refractivity contribution in [2.45, 2.75) is 11.3 Å². The summed E-state index contributed by atoms with van der Waals surface area (Å²) in [5.74, 6) is -0.250. The molecule has 0 heterocycles. The molecule has 0 saturated heterocycles. The number of benzene rings is 1. The van der Waals surface area contributed by atoms with Gasteiger partial charge in [-0.2, -0.15) is 0 Å². The molecule has 18 heavy (non-hydrogen) atoms. The summed E-state index contributed by atoms with van der Waals surface area (Å²) in [6, 6.07) is 3.61. The molecule has 1 aromatic rings. The first kappa shape index (κ1) is 14.3. The summed E-state index contributed by atoms with van der Waals surface area (Å²) in [6.07, 6.45) is 2.41. The van der Waals surface area contributed by atoms with Crippen LogP contribution in [-0.4, -0.2) is 33.8 Å². The number of aliphatic imine (C=N–C) groups is 1. The van der Waals surface area contributed by atoms with Crippen molar-refractivity contribution in [3.05, 3.63) is 24.0 Å². The van der Waals surface area contributed by atoms with Crippen LogP contribution in [-0.2, 0) is 9.84 Å². The van der Waals surface area contributed by atoms with Gasteiger partial charge in [0.25, 0.3) is 0 Å². The average molecular weight is 271 g/mol. The van der Waals surface area contributed by atoms with Gasteiger partial charge in [0, 0.05) is 25.9 Å². The van der Waals surface area contributed by atoms with E-state index in [1.54, 1.807) is 0 Å². The van der Waals surface area contributed by atoms with Crippen LogP contribution in [0.25, 0.3) is 0 Å². The molecule has 1 rings (SSSR count). The molecule has 0 aromatic heterocycles. The van der Waals surface area contributed by atoms with Crippen LogP contribution in [0.1, 0.15) is 6.42 Å². The molecule has 1 aromatic carbocycles. The van der Waals surface area contributed by atoms with E-state index in [2.05, 4.69) is 10.3 Å². The number of sulfone groups is 1. The van der Waals surface area contributed by atoms with E-state index in [1.165, 1.54) is 19.2 Å². The van der Waals surface area contributed by atoms with Crippen molar-refractivity contribution in [2.24, 2.45) is 4.99 Å². The van der Waals surface area contributed by atoms with Gasteiger partial charge in [-0.3, -0.25) is 4.99 Å². The van der Waals surface area contributed by atoms with E-state index in [-0.39, 0.29) is 17.0 Å². The Morgan fingerprint density at radius 2 is 2.22 bits per heavy atom. The van der Waals surface area contributed by atoms with Crippen LogP contribution in [0.15, 0.2) is 28.1 Å². The van der Waals surface area contributed by atoms with Gasteiger partial charge in [0.1, 0.15) is 11.7 Å². The van der Waals surface area contributed by atoms with E-state index in [0.717, 1.165) is 18.5 Å². The Labute approximate surface area is 105 Å². The Bertz CT molecular complexity index is 582. The van der Waals surface area contributed by atoms with Crippen molar-refractivity contribution in [1.29, 1.82) is 5.41 Å². The molecule has 0 atom stereocenters. The number of amidine groups is 1. The predicted molar refractivity (Wildman–Crippen MR) is 69.9 cm³/mol. The molecule has 0 fully saturated rings. The molecule has 0 aliphatic heterocycles. The lowest BCUT2D eigenvalue weighted by Crippen LogP contribution is -2.13. The zero-order valence-electron chi connectivity index (χ0n) is 10.1. The highest BCUT2D eigenvalue weighted by molar-refractivity contribution is 7.90. The van der Waals surface area contributed by atoms with Gasteiger partial charge in [-0.1, -0.05) is 0 Å². The molecular weight excluding hydrogens is 257 g/mol. The summed E-state index contributed by atoms with van der Waals surface area (Å²) in [6.45, 7) is 0. The minimum Gasteiger partial charge on any atom is -0.341 e. The van der Waals surface area contributed by atoms with Crippen LogP contribution >= 0.6 is 0 Å². The van der Waals surface area contributed by atoms with Crippen LogP contribution in [0.4, 0.5) is 10.1 Å². The van der Waals surface area contributed by atoms with Crippen LogP contribution in [0.3, 0.4) is 0 Å². The number of rotatable bonds is 4. The van der Waals surface area contributed by atoms with Gasteiger partial charge in [0.2, 0.25) is 0 Å². The maximum Gasteiger partial charge on any atom is 0.175 e. The normalized spacial score (nSPS) is 12.3. The molecule has 0 bridgehead atoms. The van der Waals surface area contributed by atoms with Crippen LogP contribution in [0, 0.1) is 11.2 Å². The van der Waals surface area contributed by atoms with Crippen molar-refractivity contribution >= 4 is 27.6 Å². The molecule has 0 radical (unpaired) electrons. The molecule has 0 aliphatic rings. The van der Waals surface area contributed by atoms with Gasteiger partial charge in [-0.25, -0.2) is 12.8 Å². The summed E-state index contributed by atoms with van der Waals surface area (Å²) in [5, 5.41) is 9.66. The quantitative estimate of drug-likeness (QED) is 0.646. The minimum atomic E-state index is -3.42. The summed E-state index contributed by atoms with van der Waals surface area (Å²) in [5.41, 5.74) is 0.129. The fourth-order valence-corrected chi connectivity index (χ4v) is 1.91. The summed E-state index contributed by atoms with van der Waals surface area (Å²) < 4.78 is 36.2. The number of nitrogens with one attached hydrogen (secondary N) is 2. The first-order valence-electron chi connectivity index (χ1n) is 5.09. The van der Waals surface area contributed by atoms with E-state index >= 15 is 0 Å². The first-order chi connectivity index (χ1) is 8.38. The number of nitrogens with zero attached hydrogens (tertiary/aromatic N) is 1. The molecule has 0 aliphatic carbocycles. The van der Waals surface area contributed by atoms with E-state index in [4.69, 9.17) is 5.41 Å². The largest absolute Gasteiger partial charge is 0.341 e. The van der Waals surface area contributed by atoms with Crippen LogP contribution < -0.4 is 5.32 Å². The van der Waals surface area contributed by atoms with E-state index < -0.39 is 15.7 Å². The molecular formula is C11H14FN3O2S. The molecule has 0 spiro atoms. The highest BCUT2D eigenvalue weighted by atomic mass is 32.2. The molecule has 5 nitrogen and oxygen atoms in total. The molecule has 7 heteroatoms. The number of halogens is 1. The molecule has 0 unspecified atom stereocenters. The van der Waals surface area contributed by atoms with E-state index in [0.29, 0.717) is 5.84 Å². The Morgan fingerprint density at radius 1 is 1.56 bits per heavy atom. The van der Waals surface area contributed by atoms with Gasteiger partial charge in [0.05, 0.1) is 10.6 Å². The highest BCUT2D eigenvalue weighted by Crippen LogP contribution is 2.19. The zero-order valence-corrected chi connectivity index (χ0v) is 10.9. The fraction of sp³-hybridized carbons (Fsp3) is 0.273. The fourth-order valence-electron chi connectivity index (χ4n) is 1.28. The van der Waals surface area contributed by atoms with Crippen molar-refractivity contribution in [3.63, 3.8) is 0 Å². The average Bonchev–Trinajstić information content (AvgIpc) is 2.29. The standard InChI is InChI=1S/C11H14FN3O2S/c1-14-11(5-6-13)15-10-4-3-8(7-9(10)12)18(2,16)17/h3-4,6-7,13H,5H2,1-2H3,(H,14,15). The summed E-state index contributed by atoms with van der Waals surface area (Å²) in [4.78, 5) is 3.78. The van der Waals surface area contributed by atoms with Crippen molar-refractivity contribution in [1.82, 2.24) is 0 Å². The van der Waals surface area contributed by atoms with Crippen molar-refractivity contribution < 1.29 is 12.8 Å². The zero-order chi connectivity index (χ0) is 13.8. The van der Waals surface area contributed by atoms with Gasteiger partial charge in [-0.05, 0) is 18.2 Å². The van der Waals surface area contributed by atoms with Gasteiger partial charge < -0.3 is 10.7 Å². The Kier molecular flexibility index (Phi) is 4.55. The summed E-state index contributed by atoms with van der Waals surface area (Å²) >= 11 is 0. The van der Waals surface area contributed by atoms with E-state index in [9.17, 15) is 12.8 Å². The van der Waals surface area contributed by atoms with Crippen LogP contribution in [0.5, 0.6) is 0 Å². The topological polar surface area (TPSA) is 82.4 Å². The third kappa shape index (κ3) is 3.63. The van der Waals surface area contributed by atoms with Crippen molar-refractivity contribution in [2.75, 3.05) is 18.6 Å². The monoisotopic (exact) mass is 271 g/mol. The predicted octanol–water partition coefficient (Wildman–Crippen LogP) is 1.71. The van der Waals surface area contributed by atoms with Gasteiger partial charge in [-0.15, -0.1) is 0 Å². The number of hydrogen-bond acceptors (Lipinski definition) is 4. The van der Waals surface area contributed by atoms with E-state index in [1.807, 2.05) is 0 Å². The second kappa shape index (κ2) is 5.72. The lowest BCUT2D eigenvalue weighted by molar-refractivity contribution is 0.597. The lowest BCUT2D eigenvalue weighted by atomic mass is 10.3. The maximum atomic E-state index is 13.7. The highest BCUT2D eigenvalue weighted by Gasteiger charge is 2.11. The SMILES string of the molecule is CN=C(CC=N)Nc1ccc(S(C)(=O)=O)cc1F. The van der Waals surface area contributed by atoms with Crippen LogP contribution in [0.2, 0.25) is 0 Å². The number of anilines is 1. The molecule has 0 amide bonds. The Morgan fingerprint density at radius 3 is 2.67 bits per heavy atom. The van der Waals surface area contributed by atoms with Gasteiger partial charge in [0.15, 0.2) is 9.84 Å². The Balaban J connectivity index is 3.03. The molecule has 98 valence electrons. The molecule has 0 saturated carbocycles. The smallest absolute Gasteiger partial charge is 0.175 e. The van der Waals surface area contributed by atoms with Gasteiger partial charge >= 0.3 is 0 Å². The number of hydrogen-bond donors (Lipinski definition) is 2. The first-order valence-corrected chi connectivity index (χ1v) is 6.99. The second-order valence-electron chi connectivity index (χ2n) is 3.62. The second-order valence-corrected chi connectivity index (χ2v) is 5.63. The maximum absolute atomic E-state index is 13.7. The third-order valence-electron chi connectivity index (χ3n) is 2.21. The summed E-state index contributed by atoms with van der Waals surface area (Å²) in [7, 11) is -1.90. The minimum absolute atomic E-state index is 0.0763. The lowest BCUT2D eigenvalue weighted by Gasteiger charge is -2.09. The molecule has 2 N–H and O–H groups in total. The van der Waals surface area contributed by atoms with Crippen molar-refractivity contribution in [3.8, 4) is 0 Å². The third-order valence-corrected chi connectivity index (χ3v) is 3.32. The Hall–Kier alpha value is -1.76.